The molecule has 2 rings (SSSR count). The second kappa shape index (κ2) is 4.81. The van der Waals surface area contributed by atoms with Gasteiger partial charge in [-0.3, -0.25) is 0 Å². The molecule has 1 heterocycles. The SMILES string of the molecule is CCn1ccnc1CC1(O)CC(C)CC(C)C1. The summed E-state index contributed by atoms with van der Waals surface area (Å²) >= 11 is 0. The second-order valence-corrected chi connectivity index (χ2v) is 5.88. The van der Waals surface area contributed by atoms with E-state index in [1.807, 2.05) is 12.4 Å². The highest BCUT2D eigenvalue weighted by Crippen LogP contribution is 2.37. The van der Waals surface area contributed by atoms with Gasteiger partial charge in [0.25, 0.3) is 0 Å². The molecular weight excluding hydrogens is 212 g/mol. The Bertz CT molecular complexity index is 362. The summed E-state index contributed by atoms with van der Waals surface area (Å²) in [5.41, 5.74) is -0.546. The molecule has 2 unspecified atom stereocenters. The molecule has 1 saturated carbocycles. The molecule has 1 fully saturated rings. The minimum atomic E-state index is -0.546. The molecular formula is C14H24N2O. The average molecular weight is 236 g/mol. The zero-order valence-corrected chi connectivity index (χ0v) is 11.2. The van der Waals surface area contributed by atoms with E-state index >= 15 is 0 Å². The van der Waals surface area contributed by atoms with E-state index in [1.165, 1.54) is 6.42 Å². The maximum absolute atomic E-state index is 10.8. The van der Waals surface area contributed by atoms with Gasteiger partial charge in [0.15, 0.2) is 0 Å². The number of aliphatic hydroxyl groups is 1. The summed E-state index contributed by atoms with van der Waals surface area (Å²) in [5.74, 6) is 2.26. The van der Waals surface area contributed by atoms with Crippen molar-refractivity contribution in [3.63, 3.8) is 0 Å². The molecule has 3 heteroatoms. The van der Waals surface area contributed by atoms with Crippen molar-refractivity contribution in [1.29, 1.82) is 0 Å². The van der Waals surface area contributed by atoms with Gasteiger partial charge in [0.1, 0.15) is 5.82 Å². The lowest BCUT2D eigenvalue weighted by Gasteiger charge is -2.38. The zero-order chi connectivity index (χ0) is 12.5. The molecule has 0 amide bonds. The Kier molecular flexibility index (Phi) is 3.57. The number of aryl methyl sites for hydroxylation is 1. The van der Waals surface area contributed by atoms with Crippen molar-refractivity contribution >= 4 is 0 Å². The van der Waals surface area contributed by atoms with E-state index in [2.05, 4.69) is 30.3 Å². The van der Waals surface area contributed by atoms with E-state index in [-0.39, 0.29) is 0 Å². The number of nitrogens with zero attached hydrogens (tertiary/aromatic N) is 2. The lowest BCUT2D eigenvalue weighted by Crippen LogP contribution is -2.40. The van der Waals surface area contributed by atoms with Crippen LogP contribution in [0.25, 0.3) is 0 Å². The Morgan fingerprint density at radius 2 is 2.06 bits per heavy atom. The predicted molar refractivity (Wildman–Crippen MR) is 68.7 cm³/mol. The molecule has 1 aromatic heterocycles. The highest BCUT2D eigenvalue weighted by Gasteiger charge is 2.36. The van der Waals surface area contributed by atoms with Crippen LogP contribution < -0.4 is 0 Å². The summed E-state index contributed by atoms with van der Waals surface area (Å²) in [6, 6.07) is 0. The lowest BCUT2D eigenvalue weighted by atomic mass is 9.72. The summed E-state index contributed by atoms with van der Waals surface area (Å²) < 4.78 is 2.13. The Morgan fingerprint density at radius 1 is 1.41 bits per heavy atom. The van der Waals surface area contributed by atoms with Crippen molar-refractivity contribution in [2.24, 2.45) is 11.8 Å². The summed E-state index contributed by atoms with van der Waals surface area (Å²) in [6.07, 6.45) is 7.58. The number of hydrogen-bond donors (Lipinski definition) is 1. The third-order valence-corrected chi connectivity index (χ3v) is 3.89. The van der Waals surface area contributed by atoms with Crippen LogP contribution in [0, 0.1) is 11.8 Å². The molecule has 1 aromatic rings. The van der Waals surface area contributed by atoms with Gasteiger partial charge >= 0.3 is 0 Å². The normalized spacial score (nSPS) is 33.9. The highest BCUT2D eigenvalue weighted by molar-refractivity contribution is 5.01. The Balaban J connectivity index is 2.11. The molecule has 0 saturated heterocycles. The van der Waals surface area contributed by atoms with Crippen molar-refractivity contribution in [2.75, 3.05) is 0 Å². The summed E-state index contributed by atoms with van der Waals surface area (Å²) in [7, 11) is 0. The predicted octanol–water partition coefficient (Wildman–Crippen LogP) is 2.63. The first-order chi connectivity index (χ1) is 8.02. The molecule has 17 heavy (non-hydrogen) atoms. The van der Waals surface area contributed by atoms with Crippen molar-refractivity contribution in [3.05, 3.63) is 18.2 Å². The monoisotopic (exact) mass is 236 g/mol. The van der Waals surface area contributed by atoms with Crippen molar-refractivity contribution in [2.45, 2.75) is 58.6 Å². The lowest BCUT2D eigenvalue weighted by molar-refractivity contribution is -0.0324. The minimum Gasteiger partial charge on any atom is -0.389 e. The van der Waals surface area contributed by atoms with Crippen LogP contribution in [0.3, 0.4) is 0 Å². The Labute approximate surface area is 104 Å². The molecule has 0 aromatic carbocycles. The standard InChI is InChI=1S/C14H24N2O/c1-4-16-6-5-15-13(16)10-14(17)8-11(2)7-12(3)9-14/h5-6,11-12,17H,4,7-10H2,1-3H3. The smallest absolute Gasteiger partial charge is 0.111 e. The van der Waals surface area contributed by atoms with Crippen LogP contribution in [0.4, 0.5) is 0 Å². The molecule has 0 aliphatic heterocycles. The fraction of sp³-hybridized carbons (Fsp3) is 0.786. The Morgan fingerprint density at radius 3 is 2.65 bits per heavy atom. The summed E-state index contributed by atoms with van der Waals surface area (Å²) in [4.78, 5) is 4.38. The molecule has 0 radical (unpaired) electrons. The topological polar surface area (TPSA) is 38.0 Å². The van der Waals surface area contributed by atoms with Crippen LogP contribution in [-0.4, -0.2) is 20.3 Å². The van der Waals surface area contributed by atoms with Gasteiger partial charge < -0.3 is 9.67 Å². The highest BCUT2D eigenvalue weighted by atomic mass is 16.3. The molecule has 0 spiro atoms. The number of imidazole rings is 1. The quantitative estimate of drug-likeness (QED) is 0.876. The molecule has 0 bridgehead atoms. The molecule has 1 aliphatic rings. The summed E-state index contributed by atoms with van der Waals surface area (Å²) in [6.45, 7) is 7.53. The van der Waals surface area contributed by atoms with Gasteiger partial charge in [-0.1, -0.05) is 13.8 Å². The second-order valence-electron chi connectivity index (χ2n) is 5.88. The van der Waals surface area contributed by atoms with E-state index in [0.717, 1.165) is 25.2 Å². The van der Waals surface area contributed by atoms with E-state index in [1.54, 1.807) is 0 Å². The third kappa shape index (κ3) is 2.89. The van der Waals surface area contributed by atoms with E-state index in [9.17, 15) is 5.11 Å². The average Bonchev–Trinajstić information content (AvgIpc) is 2.61. The Hall–Kier alpha value is -0.830. The number of rotatable bonds is 3. The fourth-order valence-corrected chi connectivity index (χ4v) is 3.47. The largest absolute Gasteiger partial charge is 0.389 e. The van der Waals surface area contributed by atoms with Crippen LogP contribution in [0.1, 0.15) is 45.9 Å². The first-order valence-corrected chi connectivity index (χ1v) is 6.75. The zero-order valence-electron chi connectivity index (χ0n) is 11.2. The minimum absolute atomic E-state index is 0.546. The van der Waals surface area contributed by atoms with Crippen molar-refractivity contribution in [3.8, 4) is 0 Å². The van der Waals surface area contributed by atoms with Crippen LogP contribution in [0.5, 0.6) is 0 Å². The van der Waals surface area contributed by atoms with Gasteiger partial charge in [-0.15, -0.1) is 0 Å². The number of hydrogen-bond acceptors (Lipinski definition) is 2. The van der Waals surface area contributed by atoms with Crippen LogP contribution in [0.2, 0.25) is 0 Å². The van der Waals surface area contributed by atoms with Gasteiger partial charge in [-0.2, -0.15) is 0 Å². The van der Waals surface area contributed by atoms with Gasteiger partial charge in [0, 0.05) is 25.4 Å². The van der Waals surface area contributed by atoms with E-state index in [4.69, 9.17) is 0 Å². The molecule has 1 aliphatic carbocycles. The van der Waals surface area contributed by atoms with Gasteiger partial charge in [0.05, 0.1) is 5.60 Å². The van der Waals surface area contributed by atoms with Crippen LogP contribution >= 0.6 is 0 Å². The number of aromatic nitrogens is 2. The molecule has 2 atom stereocenters. The first kappa shape index (κ1) is 12.6. The van der Waals surface area contributed by atoms with Crippen LogP contribution in [0.15, 0.2) is 12.4 Å². The third-order valence-electron chi connectivity index (χ3n) is 3.89. The van der Waals surface area contributed by atoms with Crippen molar-refractivity contribution < 1.29 is 5.11 Å². The maximum atomic E-state index is 10.8. The molecule has 1 N–H and O–H groups in total. The van der Waals surface area contributed by atoms with Gasteiger partial charge in [0.2, 0.25) is 0 Å². The molecule has 96 valence electrons. The van der Waals surface area contributed by atoms with Crippen LogP contribution in [-0.2, 0) is 13.0 Å². The maximum Gasteiger partial charge on any atom is 0.111 e. The van der Waals surface area contributed by atoms with Crippen molar-refractivity contribution in [1.82, 2.24) is 9.55 Å². The fourth-order valence-electron chi connectivity index (χ4n) is 3.47. The summed E-state index contributed by atoms with van der Waals surface area (Å²) in [5, 5.41) is 10.8. The first-order valence-electron chi connectivity index (χ1n) is 6.75. The molecule has 3 nitrogen and oxygen atoms in total. The van der Waals surface area contributed by atoms with E-state index < -0.39 is 5.60 Å². The van der Waals surface area contributed by atoms with E-state index in [0.29, 0.717) is 18.3 Å². The van der Waals surface area contributed by atoms with Gasteiger partial charge in [-0.25, -0.2) is 4.98 Å². The van der Waals surface area contributed by atoms with Gasteiger partial charge in [-0.05, 0) is 38.0 Å².